The van der Waals surface area contributed by atoms with Gasteiger partial charge in [-0.15, -0.1) is 0 Å². The summed E-state index contributed by atoms with van der Waals surface area (Å²) in [5.41, 5.74) is 2.39. The molecule has 1 heterocycles. The van der Waals surface area contributed by atoms with Crippen LogP contribution < -0.4 is 4.74 Å². The van der Waals surface area contributed by atoms with Crippen molar-refractivity contribution in [3.8, 4) is 5.75 Å². The van der Waals surface area contributed by atoms with Crippen molar-refractivity contribution in [2.45, 2.75) is 50.9 Å². The van der Waals surface area contributed by atoms with Crippen molar-refractivity contribution in [1.82, 2.24) is 0 Å². The van der Waals surface area contributed by atoms with Crippen LogP contribution in [0.15, 0.2) is 18.2 Å². The van der Waals surface area contributed by atoms with Crippen LogP contribution in [0.2, 0.25) is 0 Å². The zero-order chi connectivity index (χ0) is 13.9. The number of hydrogen-bond acceptors (Lipinski definition) is 2. The van der Waals surface area contributed by atoms with Crippen molar-refractivity contribution >= 4 is 5.97 Å². The number of fused-ring (bicyclic) bond motifs is 1. The highest BCUT2D eigenvalue weighted by Crippen LogP contribution is 2.42. The molecule has 1 N–H and O–H groups in total. The van der Waals surface area contributed by atoms with Gasteiger partial charge < -0.3 is 9.84 Å². The zero-order valence-electron chi connectivity index (χ0n) is 11.8. The maximum atomic E-state index is 11.6. The van der Waals surface area contributed by atoms with Gasteiger partial charge in [-0.3, -0.25) is 4.79 Å². The largest absolute Gasteiger partial charge is 0.493 e. The number of aliphatic carboxylic acids is 1. The standard InChI is InChI=1S/C17H22O3/c18-17(19)15-9-3-1-2-8-13(15)14-10-4-6-12-7-5-11-20-16(12)14/h4,6,10,13,15H,1-3,5,7-9,11H2,(H,18,19). The SMILES string of the molecule is O=C(O)C1CCCCCC1c1cccc2c1OCCC2. The summed E-state index contributed by atoms with van der Waals surface area (Å²) in [5.74, 6) is 0.194. The number of para-hydroxylation sites is 1. The maximum absolute atomic E-state index is 11.6. The Morgan fingerprint density at radius 3 is 2.85 bits per heavy atom. The fourth-order valence-electron chi connectivity index (χ4n) is 3.68. The van der Waals surface area contributed by atoms with Crippen molar-refractivity contribution in [1.29, 1.82) is 0 Å². The number of benzene rings is 1. The molecule has 20 heavy (non-hydrogen) atoms. The van der Waals surface area contributed by atoms with Crippen LogP contribution in [-0.2, 0) is 11.2 Å². The summed E-state index contributed by atoms with van der Waals surface area (Å²) in [6.07, 6.45) is 7.18. The lowest BCUT2D eigenvalue weighted by molar-refractivity contribution is -0.142. The Hall–Kier alpha value is -1.51. The van der Waals surface area contributed by atoms with Gasteiger partial charge in [0.25, 0.3) is 0 Å². The normalized spacial score (nSPS) is 26.2. The Morgan fingerprint density at radius 2 is 2.00 bits per heavy atom. The summed E-state index contributed by atoms with van der Waals surface area (Å²) < 4.78 is 5.88. The summed E-state index contributed by atoms with van der Waals surface area (Å²) in [6.45, 7) is 0.758. The summed E-state index contributed by atoms with van der Waals surface area (Å²) in [4.78, 5) is 11.6. The Balaban J connectivity index is 1.98. The van der Waals surface area contributed by atoms with Crippen LogP contribution in [0.3, 0.4) is 0 Å². The van der Waals surface area contributed by atoms with Gasteiger partial charge in [0.1, 0.15) is 5.75 Å². The fraction of sp³-hybridized carbons (Fsp3) is 0.588. The predicted molar refractivity (Wildman–Crippen MR) is 77.2 cm³/mol. The number of hydrogen-bond donors (Lipinski definition) is 1. The van der Waals surface area contributed by atoms with Gasteiger partial charge in [0.2, 0.25) is 0 Å². The summed E-state index contributed by atoms with van der Waals surface area (Å²) in [7, 11) is 0. The zero-order valence-corrected chi connectivity index (χ0v) is 11.8. The number of rotatable bonds is 2. The molecule has 1 aromatic carbocycles. The van der Waals surface area contributed by atoms with Crippen molar-refractivity contribution in [3.05, 3.63) is 29.3 Å². The molecule has 1 saturated carbocycles. The third-order valence-electron chi connectivity index (χ3n) is 4.70. The van der Waals surface area contributed by atoms with Crippen LogP contribution in [0, 0.1) is 5.92 Å². The highest BCUT2D eigenvalue weighted by Gasteiger charge is 2.33. The molecular formula is C17H22O3. The van der Waals surface area contributed by atoms with Crippen LogP contribution in [0.1, 0.15) is 55.6 Å². The van der Waals surface area contributed by atoms with E-state index in [2.05, 4.69) is 18.2 Å². The Kier molecular flexibility index (Phi) is 3.95. The van der Waals surface area contributed by atoms with Gasteiger partial charge in [-0.2, -0.15) is 0 Å². The molecule has 0 amide bonds. The van der Waals surface area contributed by atoms with Gasteiger partial charge in [-0.1, -0.05) is 37.5 Å². The van der Waals surface area contributed by atoms with Gasteiger partial charge >= 0.3 is 5.97 Å². The summed E-state index contributed by atoms with van der Waals surface area (Å²) in [6, 6.07) is 6.26. The van der Waals surface area contributed by atoms with Crippen LogP contribution >= 0.6 is 0 Å². The lowest BCUT2D eigenvalue weighted by atomic mass is 9.81. The molecule has 0 radical (unpaired) electrons. The first-order chi connectivity index (χ1) is 9.77. The number of carboxylic acids is 1. The third kappa shape index (κ3) is 2.54. The molecule has 3 nitrogen and oxygen atoms in total. The first kappa shape index (κ1) is 13.5. The highest BCUT2D eigenvalue weighted by molar-refractivity contribution is 5.72. The molecule has 3 heteroatoms. The fourth-order valence-corrected chi connectivity index (χ4v) is 3.68. The minimum absolute atomic E-state index is 0.114. The van der Waals surface area contributed by atoms with Gasteiger partial charge in [-0.25, -0.2) is 0 Å². The molecule has 0 spiro atoms. The Bertz CT molecular complexity index is 495. The van der Waals surface area contributed by atoms with Crippen LogP contribution in [0.5, 0.6) is 5.75 Å². The molecular weight excluding hydrogens is 252 g/mol. The number of carbonyl (C=O) groups is 1. The van der Waals surface area contributed by atoms with Crippen LogP contribution in [0.25, 0.3) is 0 Å². The van der Waals surface area contributed by atoms with E-state index < -0.39 is 5.97 Å². The predicted octanol–water partition coefficient (Wildman–Crippen LogP) is 3.76. The molecule has 1 aliphatic heterocycles. The molecule has 3 rings (SSSR count). The number of carboxylic acid groups (broad SMARTS) is 1. The summed E-state index contributed by atoms with van der Waals surface area (Å²) >= 11 is 0. The number of aryl methyl sites for hydroxylation is 1. The van der Waals surface area contributed by atoms with E-state index in [9.17, 15) is 9.90 Å². The topological polar surface area (TPSA) is 46.5 Å². The van der Waals surface area contributed by atoms with Crippen molar-refractivity contribution in [2.75, 3.05) is 6.61 Å². The van der Waals surface area contributed by atoms with Gasteiger partial charge in [0.15, 0.2) is 0 Å². The van der Waals surface area contributed by atoms with Crippen molar-refractivity contribution in [3.63, 3.8) is 0 Å². The second-order valence-electron chi connectivity index (χ2n) is 5.98. The average Bonchev–Trinajstić information content (AvgIpc) is 2.72. The highest BCUT2D eigenvalue weighted by atomic mass is 16.5. The molecule has 0 bridgehead atoms. The maximum Gasteiger partial charge on any atom is 0.307 e. The first-order valence-electron chi connectivity index (χ1n) is 7.75. The van der Waals surface area contributed by atoms with E-state index in [4.69, 9.17) is 4.74 Å². The average molecular weight is 274 g/mol. The van der Waals surface area contributed by atoms with Crippen molar-refractivity contribution in [2.24, 2.45) is 5.92 Å². The minimum atomic E-state index is -0.648. The smallest absolute Gasteiger partial charge is 0.307 e. The van der Waals surface area contributed by atoms with E-state index in [1.807, 2.05) is 0 Å². The van der Waals surface area contributed by atoms with Gasteiger partial charge in [0, 0.05) is 5.92 Å². The van der Waals surface area contributed by atoms with Crippen LogP contribution in [0.4, 0.5) is 0 Å². The molecule has 108 valence electrons. The molecule has 1 aliphatic carbocycles. The molecule has 0 saturated heterocycles. The van der Waals surface area contributed by atoms with E-state index in [0.717, 1.165) is 62.9 Å². The molecule has 2 unspecified atom stereocenters. The van der Waals surface area contributed by atoms with Gasteiger partial charge in [0.05, 0.1) is 12.5 Å². The third-order valence-corrected chi connectivity index (χ3v) is 4.70. The van der Waals surface area contributed by atoms with E-state index in [1.165, 1.54) is 5.56 Å². The van der Waals surface area contributed by atoms with E-state index in [1.54, 1.807) is 0 Å². The minimum Gasteiger partial charge on any atom is -0.493 e. The molecule has 2 aliphatic rings. The van der Waals surface area contributed by atoms with Crippen molar-refractivity contribution < 1.29 is 14.6 Å². The Labute approximate surface area is 120 Å². The van der Waals surface area contributed by atoms with Crippen LogP contribution in [-0.4, -0.2) is 17.7 Å². The Morgan fingerprint density at radius 1 is 1.15 bits per heavy atom. The second-order valence-corrected chi connectivity index (χ2v) is 5.98. The van der Waals surface area contributed by atoms with Gasteiger partial charge in [-0.05, 0) is 36.8 Å². The number of ether oxygens (including phenoxy) is 1. The lowest BCUT2D eigenvalue weighted by Gasteiger charge is -2.27. The quantitative estimate of drug-likeness (QED) is 0.835. The van der Waals surface area contributed by atoms with E-state index in [0.29, 0.717) is 0 Å². The first-order valence-corrected chi connectivity index (χ1v) is 7.75. The second kappa shape index (κ2) is 5.86. The lowest BCUT2D eigenvalue weighted by Crippen LogP contribution is -2.22. The molecule has 1 aromatic rings. The molecule has 1 fully saturated rings. The molecule has 2 atom stereocenters. The van der Waals surface area contributed by atoms with E-state index >= 15 is 0 Å². The summed E-state index contributed by atoms with van der Waals surface area (Å²) in [5, 5.41) is 9.56. The molecule has 0 aromatic heterocycles. The monoisotopic (exact) mass is 274 g/mol. The van der Waals surface area contributed by atoms with E-state index in [-0.39, 0.29) is 11.8 Å².